The lowest BCUT2D eigenvalue weighted by atomic mass is 9.86. The third-order valence-corrected chi connectivity index (χ3v) is 4.82. The molecule has 0 aromatic heterocycles. The van der Waals surface area contributed by atoms with Gasteiger partial charge in [0.1, 0.15) is 0 Å². The van der Waals surface area contributed by atoms with Crippen LogP contribution >= 0.6 is 0 Å². The maximum absolute atomic E-state index is 12.9. The number of ketones is 1. The second-order valence-electron chi connectivity index (χ2n) is 6.43. The van der Waals surface area contributed by atoms with E-state index in [-0.39, 0.29) is 11.3 Å². The van der Waals surface area contributed by atoms with Gasteiger partial charge in [0.2, 0.25) is 0 Å². The lowest BCUT2D eigenvalue weighted by molar-refractivity contribution is 0.0647. The molecule has 0 amide bonds. The molecule has 0 aliphatic carbocycles. The van der Waals surface area contributed by atoms with Crippen LogP contribution < -0.4 is 0 Å². The Kier molecular flexibility index (Phi) is 4.64. The lowest BCUT2D eigenvalue weighted by Crippen LogP contribution is -2.50. The van der Waals surface area contributed by atoms with Gasteiger partial charge in [-0.25, -0.2) is 0 Å². The highest BCUT2D eigenvalue weighted by molar-refractivity contribution is 6.03. The summed E-state index contributed by atoms with van der Waals surface area (Å²) in [4.78, 5) is 15.3. The van der Waals surface area contributed by atoms with Gasteiger partial charge in [0, 0.05) is 5.56 Å². The van der Waals surface area contributed by atoms with Crippen molar-refractivity contribution in [3.8, 4) is 0 Å². The van der Waals surface area contributed by atoms with Crippen LogP contribution in [0, 0.1) is 0 Å². The molecule has 0 radical (unpaired) electrons. The van der Waals surface area contributed by atoms with Gasteiger partial charge in [0.05, 0.1) is 5.54 Å². The largest absolute Gasteiger partial charge is 0.292 e. The first-order valence-corrected chi connectivity index (χ1v) is 7.89. The average molecular weight is 273 g/mol. The second kappa shape index (κ2) is 6.09. The van der Waals surface area contributed by atoms with Crippen LogP contribution in [0.3, 0.4) is 0 Å². The Hall–Kier alpha value is -1.15. The molecule has 1 aliphatic rings. The molecular weight excluding hydrogens is 246 g/mol. The number of benzene rings is 1. The van der Waals surface area contributed by atoms with Crippen molar-refractivity contribution >= 4 is 5.78 Å². The Morgan fingerprint density at radius 2 is 1.75 bits per heavy atom. The molecule has 1 aromatic rings. The molecule has 2 nitrogen and oxygen atoms in total. The van der Waals surface area contributed by atoms with Gasteiger partial charge < -0.3 is 0 Å². The van der Waals surface area contributed by atoms with Crippen LogP contribution in [-0.4, -0.2) is 29.3 Å². The number of likely N-dealkylation sites (tertiary alicyclic amines) is 1. The minimum atomic E-state index is -0.337. The lowest BCUT2D eigenvalue weighted by Gasteiger charge is -2.36. The molecule has 1 fully saturated rings. The monoisotopic (exact) mass is 273 g/mol. The van der Waals surface area contributed by atoms with Crippen molar-refractivity contribution < 1.29 is 4.79 Å². The molecule has 1 unspecified atom stereocenters. The number of rotatable bonds is 5. The van der Waals surface area contributed by atoms with Gasteiger partial charge >= 0.3 is 0 Å². The summed E-state index contributed by atoms with van der Waals surface area (Å²) in [6.45, 7) is 10.7. The van der Waals surface area contributed by atoms with Crippen molar-refractivity contribution in [2.75, 3.05) is 13.1 Å². The minimum absolute atomic E-state index is 0.275. The molecule has 1 saturated heterocycles. The molecule has 2 heteroatoms. The van der Waals surface area contributed by atoms with Gasteiger partial charge in [-0.2, -0.15) is 0 Å². The van der Waals surface area contributed by atoms with E-state index < -0.39 is 0 Å². The van der Waals surface area contributed by atoms with Crippen molar-refractivity contribution in [3.63, 3.8) is 0 Å². The molecule has 2 rings (SSSR count). The summed E-state index contributed by atoms with van der Waals surface area (Å²) in [6, 6.07) is 8.19. The molecule has 1 atom stereocenters. The van der Waals surface area contributed by atoms with E-state index >= 15 is 0 Å². The zero-order chi connectivity index (χ0) is 14.8. The van der Waals surface area contributed by atoms with Crippen LogP contribution in [-0.2, 0) is 0 Å². The molecular formula is C18H27NO. The molecule has 1 aliphatic heterocycles. The summed E-state index contributed by atoms with van der Waals surface area (Å²) in [5, 5.41) is 0. The highest BCUT2D eigenvalue weighted by Gasteiger charge is 2.39. The van der Waals surface area contributed by atoms with Crippen LogP contribution in [0.4, 0.5) is 0 Å². The maximum atomic E-state index is 12.9. The predicted octanol–water partition coefficient (Wildman–Crippen LogP) is 4.26. The smallest absolute Gasteiger partial charge is 0.182 e. The fourth-order valence-corrected chi connectivity index (χ4v) is 3.07. The summed E-state index contributed by atoms with van der Waals surface area (Å²) in [6.07, 6.45) is 3.31. The van der Waals surface area contributed by atoms with E-state index in [4.69, 9.17) is 0 Å². The minimum Gasteiger partial charge on any atom is -0.292 e. The third-order valence-electron chi connectivity index (χ3n) is 4.82. The van der Waals surface area contributed by atoms with Crippen LogP contribution in [0.5, 0.6) is 0 Å². The van der Waals surface area contributed by atoms with Crippen molar-refractivity contribution in [2.24, 2.45) is 0 Å². The Bertz CT molecular complexity index is 457. The first-order chi connectivity index (χ1) is 9.49. The molecule has 1 aromatic carbocycles. The number of Topliss-reactive ketones (excluding diaryl/α,β-unsaturated/α-hetero) is 1. The van der Waals surface area contributed by atoms with E-state index in [0.29, 0.717) is 5.92 Å². The van der Waals surface area contributed by atoms with E-state index in [0.717, 1.165) is 25.1 Å². The Morgan fingerprint density at radius 1 is 1.20 bits per heavy atom. The summed E-state index contributed by atoms with van der Waals surface area (Å²) in [5.74, 6) is 0.785. The van der Waals surface area contributed by atoms with Gasteiger partial charge in [-0.3, -0.25) is 9.69 Å². The van der Waals surface area contributed by atoms with Crippen molar-refractivity contribution in [1.29, 1.82) is 0 Å². The van der Waals surface area contributed by atoms with Gasteiger partial charge in [0.25, 0.3) is 0 Å². The molecule has 0 bridgehead atoms. The van der Waals surface area contributed by atoms with Crippen molar-refractivity contribution in [2.45, 2.75) is 58.4 Å². The van der Waals surface area contributed by atoms with E-state index in [1.165, 1.54) is 18.4 Å². The molecule has 110 valence electrons. The molecule has 20 heavy (non-hydrogen) atoms. The zero-order valence-corrected chi connectivity index (χ0v) is 13.3. The quantitative estimate of drug-likeness (QED) is 0.747. The SMILES string of the molecule is CCC(C)(C(=O)c1ccc(C(C)C)cc1)N1CCCC1. The van der Waals surface area contributed by atoms with Gasteiger partial charge in [-0.1, -0.05) is 45.0 Å². The number of hydrogen-bond acceptors (Lipinski definition) is 2. The van der Waals surface area contributed by atoms with Crippen LogP contribution in [0.15, 0.2) is 24.3 Å². The average Bonchev–Trinajstić information content (AvgIpc) is 3.00. The highest BCUT2D eigenvalue weighted by Crippen LogP contribution is 2.29. The van der Waals surface area contributed by atoms with Crippen molar-refractivity contribution in [1.82, 2.24) is 4.90 Å². The summed E-state index contributed by atoms with van der Waals surface area (Å²) in [7, 11) is 0. The summed E-state index contributed by atoms with van der Waals surface area (Å²) < 4.78 is 0. The third kappa shape index (κ3) is 2.80. The normalized spacial score (nSPS) is 19.2. The molecule has 0 N–H and O–H groups in total. The molecule has 0 spiro atoms. The topological polar surface area (TPSA) is 20.3 Å². The fourth-order valence-electron chi connectivity index (χ4n) is 3.07. The van der Waals surface area contributed by atoms with Crippen LogP contribution in [0.2, 0.25) is 0 Å². The van der Waals surface area contributed by atoms with Crippen LogP contribution in [0.1, 0.15) is 68.8 Å². The van der Waals surface area contributed by atoms with E-state index in [1.807, 2.05) is 12.1 Å². The van der Waals surface area contributed by atoms with E-state index in [9.17, 15) is 4.79 Å². The zero-order valence-electron chi connectivity index (χ0n) is 13.3. The maximum Gasteiger partial charge on any atom is 0.182 e. The summed E-state index contributed by atoms with van der Waals surface area (Å²) >= 11 is 0. The first-order valence-electron chi connectivity index (χ1n) is 7.89. The van der Waals surface area contributed by atoms with E-state index in [2.05, 4.69) is 44.7 Å². The summed E-state index contributed by atoms with van der Waals surface area (Å²) in [5.41, 5.74) is 1.81. The Morgan fingerprint density at radius 3 is 2.20 bits per heavy atom. The fraction of sp³-hybridized carbons (Fsp3) is 0.611. The van der Waals surface area contributed by atoms with Gasteiger partial charge in [-0.15, -0.1) is 0 Å². The first kappa shape index (κ1) is 15.2. The highest BCUT2D eigenvalue weighted by atomic mass is 16.1. The Balaban J connectivity index is 2.23. The Labute approximate surface area is 123 Å². The number of carbonyl (C=O) groups excluding carboxylic acids is 1. The number of hydrogen-bond donors (Lipinski definition) is 0. The van der Waals surface area contributed by atoms with Crippen molar-refractivity contribution in [3.05, 3.63) is 35.4 Å². The van der Waals surface area contributed by atoms with Gasteiger partial charge in [0.15, 0.2) is 5.78 Å². The van der Waals surface area contributed by atoms with Crippen LogP contribution in [0.25, 0.3) is 0 Å². The van der Waals surface area contributed by atoms with E-state index in [1.54, 1.807) is 0 Å². The second-order valence-corrected chi connectivity index (χ2v) is 6.43. The predicted molar refractivity (Wildman–Crippen MR) is 84.4 cm³/mol. The number of carbonyl (C=O) groups is 1. The molecule has 0 saturated carbocycles. The van der Waals surface area contributed by atoms with Gasteiger partial charge in [-0.05, 0) is 50.8 Å². The standard InChI is InChI=1S/C18H27NO/c1-5-18(4,19-12-6-7-13-19)17(20)16-10-8-15(9-11-16)14(2)3/h8-11,14H,5-7,12-13H2,1-4H3. The number of nitrogens with zero attached hydrogens (tertiary/aromatic N) is 1. The molecule has 1 heterocycles.